The van der Waals surface area contributed by atoms with E-state index in [9.17, 15) is 0 Å². The molecular formula is C19H14ClN3O2S2. The summed E-state index contributed by atoms with van der Waals surface area (Å²) in [5, 5.41) is 12.3. The number of hydrogen-bond acceptors (Lipinski definition) is 7. The average Bonchev–Trinajstić information content (AvgIpc) is 3.36. The fraction of sp³-hybridized carbons (Fsp3) is 0.105. The Morgan fingerprint density at radius 2 is 1.85 bits per heavy atom. The van der Waals surface area contributed by atoms with E-state index in [1.165, 1.54) is 11.8 Å². The van der Waals surface area contributed by atoms with Gasteiger partial charge in [0.1, 0.15) is 10.8 Å². The maximum Gasteiger partial charge on any atom is 0.277 e. The standard InChI is InChI=1S/C19H14ClN3O2S2/c20-14-6-8-16(9-7-14)24-10-17-22-23-19(25-17)27-12-15-11-26-18(21-15)13-4-2-1-3-5-13/h1-9,11H,10,12H2. The lowest BCUT2D eigenvalue weighted by atomic mass is 10.2. The molecule has 0 atom stereocenters. The molecule has 0 radical (unpaired) electrons. The Morgan fingerprint density at radius 1 is 1.04 bits per heavy atom. The van der Waals surface area contributed by atoms with E-state index in [-0.39, 0.29) is 6.61 Å². The Hall–Kier alpha value is -2.35. The van der Waals surface area contributed by atoms with E-state index >= 15 is 0 Å². The van der Waals surface area contributed by atoms with E-state index in [0.29, 0.717) is 27.6 Å². The summed E-state index contributed by atoms with van der Waals surface area (Å²) in [6.07, 6.45) is 0. The number of nitrogens with zero attached hydrogens (tertiary/aromatic N) is 3. The molecule has 27 heavy (non-hydrogen) atoms. The van der Waals surface area contributed by atoms with Gasteiger partial charge in [-0.2, -0.15) is 0 Å². The van der Waals surface area contributed by atoms with Gasteiger partial charge in [0.05, 0.1) is 5.69 Å². The lowest BCUT2D eigenvalue weighted by Crippen LogP contribution is -1.95. The van der Waals surface area contributed by atoms with Crippen molar-refractivity contribution in [3.63, 3.8) is 0 Å². The van der Waals surface area contributed by atoms with Crippen LogP contribution < -0.4 is 4.74 Å². The summed E-state index contributed by atoms with van der Waals surface area (Å²) in [6.45, 7) is 0.212. The van der Waals surface area contributed by atoms with Gasteiger partial charge in [-0.3, -0.25) is 0 Å². The predicted molar refractivity (Wildman–Crippen MR) is 107 cm³/mol. The van der Waals surface area contributed by atoms with E-state index in [4.69, 9.17) is 20.8 Å². The Balaban J connectivity index is 1.31. The summed E-state index contributed by atoms with van der Waals surface area (Å²) >= 11 is 8.94. The van der Waals surface area contributed by atoms with Crippen molar-refractivity contribution in [2.75, 3.05) is 0 Å². The van der Waals surface area contributed by atoms with Crippen LogP contribution in [0.1, 0.15) is 11.6 Å². The first kappa shape index (κ1) is 18.0. The largest absolute Gasteiger partial charge is 0.484 e. The van der Waals surface area contributed by atoms with E-state index in [1.54, 1.807) is 35.6 Å². The number of benzene rings is 2. The molecule has 136 valence electrons. The van der Waals surface area contributed by atoms with Gasteiger partial charge in [0, 0.05) is 21.7 Å². The Bertz CT molecular complexity index is 1000. The number of thioether (sulfide) groups is 1. The molecule has 5 nitrogen and oxygen atoms in total. The second-order valence-electron chi connectivity index (χ2n) is 5.50. The highest BCUT2D eigenvalue weighted by atomic mass is 35.5. The maximum absolute atomic E-state index is 5.85. The monoisotopic (exact) mass is 415 g/mol. The Labute approximate surface area is 169 Å². The number of rotatable bonds is 7. The number of ether oxygens (including phenoxy) is 1. The SMILES string of the molecule is Clc1ccc(OCc2nnc(SCc3csc(-c4ccccc4)n3)o2)cc1. The summed E-state index contributed by atoms with van der Waals surface area (Å²) in [6, 6.07) is 17.3. The molecule has 0 unspecified atom stereocenters. The molecule has 2 aromatic heterocycles. The highest BCUT2D eigenvalue weighted by molar-refractivity contribution is 7.98. The Kier molecular flexibility index (Phi) is 5.72. The average molecular weight is 416 g/mol. The minimum Gasteiger partial charge on any atom is -0.484 e. The van der Waals surface area contributed by atoms with Gasteiger partial charge in [-0.15, -0.1) is 21.5 Å². The second-order valence-corrected chi connectivity index (χ2v) is 7.72. The van der Waals surface area contributed by atoms with Crippen LogP contribution in [0.2, 0.25) is 5.02 Å². The van der Waals surface area contributed by atoms with E-state index in [0.717, 1.165) is 16.3 Å². The van der Waals surface area contributed by atoms with Crippen LogP contribution in [0.3, 0.4) is 0 Å². The molecule has 0 fully saturated rings. The van der Waals surface area contributed by atoms with E-state index in [1.807, 2.05) is 18.2 Å². The third kappa shape index (κ3) is 4.88. The van der Waals surface area contributed by atoms with Crippen molar-refractivity contribution in [1.82, 2.24) is 15.2 Å². The van der Waals surface area contributed by atoms with Crippen molar-refractivity contribution < 1.29 is 9.15 Å². The van der Waals surface area contributed by atoms with Gasteiger partial charge in [0.25, 0.3) is 11.1 Å². The molecule has 0 amide bonds. The first-order chi connectivity index (χ1) is 13.3. The summed E-state index contributed by atoms with van der Waals surface area (Å²) in [5.74, 6) is 1.79. The first-order valence-electron chi connectivity index (χ1n) is 8.09. The molecule has 2 aromatic carbocycles. The quantitative estimate of drug-likeness (QED) is 0.360. The number of halogens is 1. The van der Waals surface area contributed by atoms with Gasteiger partial charge < -0.3 is 9.15 Å². The van der Waals surface area contributed by atoms with Gasteiger partial charge in [-0.1, -0.05) is 53.7 Å². The van der Waals surface area contributed by atoms with E-state index in [2.05, 4.69) is 32.7 Å². The molecular weight excluding hydrogens is 402 g/mol. The van der Waals surface area contributed by atoms with Gasteiger partial charge in [-0.05, 0) is 24.3 Å². The lowest BCUT2D eigenvalue weighted by molar-refractivity contribution is 0.252. The fourth-order valence-electron chi connectivity index (χ4n) is 2.25. The van der Waals surface area contributed by atoms with Crippen LogP contribution in [0, 0.1) is 0 Å². The number of aromatic nitrogens is 3. The van der Waals surface area contributed by atoms with Crippen molar-refractivity contribution in [3.05, 3.63) is 76.6 Å². The minimum atomic E-state index is 0.212. The van der Waals surface area contributed by atoms with Crippen molar-refractivity contribution >= 4 is 34.7 Å². The Morgan fingerprint density at radius 3 is 2.67 bits per heavy atom. The second kappa shape index (κ2) is 8.56. The van der Waals surface area contributed by atoms with Crippen LogP contribution in [-0.4, -0.2) is 15.2 Å². The molecule has 0 spiro atoms. The summed E-state index contributed by atoms with van der Waals surface area (Å²) < 4.78 is 11.2. The van der Waals surface area contributed by atoms with Gasteiger partial charge in [0.2, 0.25) is 0 Å². The van der Waals surface area contributed by atoms with Crippen molar-refractivity contribution in [1.29, 1.82) is 0 Å². The van der Waals surface area contributed by atoms with E-state index < -0.39 is 0 Å². The highest BCUT2D eigenvalue weighted by Gasteiger charge is 2.10. The van der Waals surface area contributed by atoms with Crippen molar-refractivity contribution in [2.24, 2.45) is 0 Å². The minimum absolute atomic E-state index is 0.212. The molecule has 0 N–H and O–H groups in total. The number of thiazole rings is 1. The highest BCUT2D eigenvalue weighted by Crippen LogP contribution is 2.27. The molecule has 2 heterocycles. The van der Waals surface area contributed by atoms with Crippen LogP contribution in [0.15, 0.2) is 69.6 Å². The molecule has 4 aromatic rings. The molecule has 0 bridgehead atoms. The molecule has 0 aliphatic carbocycles. The molecule has 8 heteroatoms. The van der Waals surface area contributed by atoms with Crippen LogP contribution in [-0.2, 0) is 12.4 Å². The zero-order valence-corrected chi connectivity index (χ0v) is 16.4. The smallest absolute Gasteiger partial charge is 0.277 e. The predicted octanol–water partition coefficient (Wildman–Crippen LogP) is 5.72. The van der Waals surface area contributed by atoms with Crippen LogP contribution in [0.4, 0.5) is 0 Å². The molecule has 4 rings (SSSR count). The third-order valence-electron chi connectivity index (χ3n) is 3.54. The van der Waals surface area contributed by atoms with Crippen molar-refractivity contribution in [3.8, 4) is 16.3 Å². The normalized spacial score (nSPS) is 10.9. The molecule has 0 aliphatic heterocycles. The third-order valence-corrected chi connectivity index (χ3v) is 5.58. The van der Waals surface area contributed by atoms with Gasteiger partial charge in [0.15, 0.2) is 6.61 Å². The molecule has 0 saturated heterocycles. The maximum atomic E-state index is 5.85. The molecule has 0 aliphatic rings. The number of hydrogen-bond donors (Lipinski definition) is 0. The van der Waals surface area contributed by atoms with Gasteiger partial charge >= 0.3 is 0 Å². The fourth-order valence-corrected chi connectivity index (χ4v) is 3.98. The van der Waals surface area contributed by atoms with Crippen LogP contribution in [0.25, 0.3) is 10.6 Å². The van der Waals surface area contributed by atoms with Crippen molar-refractivity contribution in [2.45, 2.75) is 17.6 Å². The summed E-state index contributed by atoms with van der Waals surface area (Å²) in [7, 11) is 0. The zero-order chi connectivity index (χ0) is 18.5. The van der Waals surface area contributed by atoms with Gasteiger partial charge in [-0.25, -0.2) is 4.98 Å². The molecule has 0 saturated carbocycles. The topological polar surface area (TPSA) is 61.0 Å². The zero-order valence-electron chi connectivity index (χ0n) is 14.0. The summed E-state index contributed by atoms with van der Waals surface area (Å²) in [4.78, 5) is 4.66. The first-order valence-corrected chi connectivity index (χ1v) is 10.3. The van der Waals surface area contributed by atoms with Crippen LogP contribution in [0.5, 0.6) is 5.75 Å². The lowest BCUT2D eigenvalue weighted by Gasteiger charge is -2.02. The summed E-state index contributed by atoms with van der Waals surface area (Å²) in [5.41, 5.74) is 2.11. The van der Waals surface area contributed by atoms with Crippen LogP contribution >= 0.6 is 34.7 Å².